The molecule has 2 heterocycles. The molecule has 34 heavy (non-hydrogen) atoms. The van der Waals surface area contributed by atoms with Gasteiger partial charge in [0.25, 0.3) is 0 Å². The van der Waals surface area contributed by atoms with Gasteiger partial charge in [-0.25, -0.2) is 18.2 Å². The van der Waals surface area contributed by atoms with Crippen molar-refractivity contribution in [3.63, 3.8) is 0 Å². The molecule has 8 heteroatoms. The molecular weight excluding hydrogens is 441 g/mol. The largest absolute Gasteiger partial charge is 0.369 e. The lowest BCUT2D eigenvalue weighted by molar-refractivity contribution is -0.118. The summed E-state index contributed by atoms with van der Waals surface area (Å²) >= 11 is 0. The van der Waals surface area contributed by atoms with Crippen LogP contribution in [0.5, 0.6) is 0 Å². The monoisotopic (exact) mass is 462 g/mol. The van der Waals surface area contributed by atoms with Crippen LogP contribution in [0, 0.1) is 17.5 Å². The molecule has 172 valence electrons. The Balaban J connectivity index is 1.69. The number of nitrogens with one attached hydrogen (secondary N) is 1. The SMILES string of the molecule is NC(=O)C(c1cccnc1)c1ccc(-c2ccc(F)cc2)nc1NCCc1cc(F)cc(F)c1. The highest BCUT2D eigenvalue weighted by Gasteiger charge is 2.24. The number of anilines is 1. The molecule has 0 spiro atoms. The first kappa shape index (κ1) is 23.0. The van der Waals surface area contributed by atoms with Crippen molar-refractivity contribution in [2.75, 3.05) is 11.9 Å². The van der Waals surface area contributed by atoms with E-state index in [4.69, 9.17) is 5.73 Å². The Hall–Kier alpha value is -4.20. The summed E-state index contributed by atoms with van der Waals surface area (Å²) in [7, 11) is 0. The second-order valence-corrected chi connectivity index (χ2v) is 7.72. The van der Waals surface area contributed by atoms with Gasteiger partial charge in [-0.15, -0.1) is 0 Å². The molecule has 0 saturated carbocycles. The van der Waals surface area contributed by atoms with Crippen LogP contribution in [-0.4, -0.2) is 22.4 Å². The molecule has 1 unspecified atom stereocenters. The average molecular weight is 462 g/mol. The number of carbonyl (C=O) groups is 1. The maximum atomic E-state index is 13.5. The second kappa shape index (κ2) is 10.2. The number of benzene rings is 2. The first-order chi connectivity index (χ1) is 16.4. The van der Waals surface area contributed by atoms with Gasteiger partial charge in [-0.1, -0.05) is 12.1 Å². The lowest BCUT2D eigenvalue weighted by Crippen LogP contribution is -2.24. The highest BCUT2D eigenvalue weighted by atomic mass is 19.1. The fourth-order valence-corrected chi connectivity index (χ4v) is 3.75. The Labute approximate surface area is 194 Å². The minimum absolute atomic E-state index is 0.286. The number of carbonyl (C=O) groups excluding carboxylic acids is 1. The van der Waals surface area contributed by atoms with Gasteiger partial charge in [-0.05, 0) is 66.1 Å². The zero-order valence-corrected chi connectivity index (χ0v) is 18.0. The predicted octanol–water partition coefficient (Wildman–Crippen LogP) is 4.83. The number of nitrogens with zero attached hydrogens (tertiary/aromatic N) is 2. The minimum Gasteiger partial charge on any atom is -0.369 e. The van der Waals surface area contributed by atoms with Crippen molar-refractivity contribution >= 4 is 11.7 Å². The first-order valence-electron chi connectivity index (χ1n) is 10.6. The van der Waals surface area contributed by atoms with Crippen molar-refractivity contribution in [1.82, 2.24) is 9.97 Å². The lowest BCUT2D eigenvalue weighted by Gasteiger charge is -2.19. The van der Waals surface area contributed by atoms with E-state index in [0.717, 1.165) is 6.07 Å². The number of primary amides is 1. The van der Waals surface area contributed by atoms with Crippen LogP contribution in [0.25, 0.3) is 11.3 Å². The Bertz CT molecular complexity index is 1280. The van der Waals surface area contributed by atoms with E-state index in [1.807, 2.05) is 0 Å². The van der Waals surface area contributed by atoms with Gasteiger partial charge in [0, 0.05) is 36.1 Å². The van der Waals surface area contributed by atoms with E-state index in [-0.39, 0.29) is 12.4 Å². The van der Waals surface area contributed by atoms with Crippen LogP contribution in [-0.2, 0) is 11.2 Å². The van der Waals surface area contributed by atoms with E-state index in [1.165, 1.54) is 24.3 Å². The molecule has 0 bridgehead atoms. The van der Waals surface area contributed by atoms with Crippen LogP contribution < -0.4 is 11.1 Å². The van der Waals surface area contributed by atoms with Gasteiger partial charge in [0.15, 0.2) is 0 Å². The van der Waals surface area contributed by atoms with E-state index in [9.17, 15) is 18.0 Å². The number of rotatable bonds is 8. The molecular formula is C26H21F3N4O. The van der Waals surface area contributed by atoms with Crippen molar-refractivity contribution in [1.29, 1.82) is 0 Å². The van der Waals surface area contributed by atoms with E-state index in [1.54, 1.807) is 48.8 Å². The minimum atomic E-state index is -0.822. The first-order valence-corrected chi connectivity index (χ1v) is 10.6. The van der Waals surface area contributed by atoms with Gasteiger partial charge in [0.2, 0.25) is 5.91 Å². The fraction of sp³-hybridized carbons (Fsp3) is 0.115. The number of nitrogens with two attached hydrogens (primary N) is 1. The van der Waals surface area contributed by atoms with Gasteiger partial charge in [0.05, 0.1) is 11.6 Å². The molecule has 3 N–H and O–H groups in total. The Morgan fingerprint density at radius 1 is 0.941 bits per heavy atom. The molecule has 2 aromatic heterocycles. The molecule has 0 fully saturated rings. The van der Waals surface area contributed by atoms with Crippen LogP contribution in [0.3, 0.4) is 0 Å². The normalized spacial score (nSPS) is 11.7. The van der Waals surface area contributed by atoms with Gasteiger partial charge >= 0.3 is 0 Å². The Morgan fingerprint density at radius 2 is 1.68 bits per heavy atom. The molecule has 1 atom stereocenters. The molecule has 0 aliphatic carbocycles. The molecule has 0 radical (unpaired) electrons. The highest BCUT2D eigenvalue weighted by molar-refractivity contribution is 5.87. The summed E-state index contributed by atoms with van der Waals surface area (Å²) in [6.07, 6.45) is 3.46. The predicted molar refractivity (Wildman–Crippen MR) is 123 cm³/mol. The smallest absolute Gasteiger partial charge is 0.229 e. The number of amides is 1. The summed E-state index contributed by atoms with van der Waals surface area (Å²) in [6.45, 7) is 0.286. The Kier molecular flexibility index (Phi) is 6.87. The third-order valence-electron chi connectivity index (χ3n) is 5.31. The topological polar surface area (TPSA) is 80.9 Å². The number of halogens is 3. The van der Waals surface area contributed by atoms with Crippen molar-refractivity contribution < 1.29 is 18.0 Å². The van der Waals surface area contributed by atoms with Crippen molar-refractivity contribution in [2.45, 2.75) is 12.3 Å². The van der Waals surface area contributed by atoms with Gasteiger partial charge in [0.1, 0.15) is 23.3 Å². The number of hydrogen-bond donors (Lipinski definition) is 2. The lowest BCUT2D eigenvalue weighted by atomic mass is 9.91. The third kappa shape index (κ3) is 5.40. The van der Waals surface area contributed by atoms with Gasteiger partial charge < -0.3 is 11.1 Å². The molecule has 0 aliphatic heterocycles. The Morgan fingerprint density at radius 3 is 2.32 bits per heavy atom. The maximum absolute atomic E-state index is 13.5. The standard InChI is InChI=1S/C26H21F3N4O/c27-19-5-3-17(4-6-19)23-8-7-22(24(25(30)34)18-2-1-10-31-15-18)26(33-23)32-11-9-16-12-20(28)14-21(29)13-16/h1-8,10,12-15,24H,9,11H2,(H2,30,34)(H,32,33). The number of hydrogen-bond acceptors (Lipinski definition) is 4. The molecule has 4 aromatic rings. The van der Waals surface area contributed by atoms with Crippen LogP contribution in [0.2, 0.25) is 0 Å². The molecule has 4 rings (SSSR count). The molecule has 0 aliphatic rings. The zero-order chi connectivity index (χ0) is 24.1. The molecule has 0 saturated heterocycles. The zero-order valence-electron chi connectivity index (χ0n) is 18.0. The summed E-state index contributed by atoms with van der Waals surface area (Å²) < 4.78 is 40.4. The van der Waals surface area contributed by atoms with Crippen molar-refractivity contribution in [3.8, 4) is 11.3 Å². The van der Waals surface area contributed by atoms with Crippen LogP contribution >= 0.6 is 0 Å². The maximum Gasteiger partial charge on any atom is 0.229 e. The summed E-state index contributed by atoms with van der Waals surface area (Å²) in [5.41, 5.74) is 8.57. The van der Waals surface area contributed by atoms with E-state index in [2.05, 4.69) is 15.3 Å². The van der Waals surface area contributed by atoms with E-state index >= 15 is 0 Å². The van der Waals surface area contributed by atoms with Crippen LogP contribution in [0.1, 0.15) is 22.6 Å². The summed E-state index contributed by atoms with van der Waals surface area (Å²) in [5.74, 6) is -2.70. The fourth-order valence-electron chi connectivity index (χ4n) is 3.75. The second-order valence-electron chi connectivity index (χ2n) is 7.72. The quantitative estimate of drug-likeness (QED) is 0.393. The summed E-state index contributed by atoms with van der Waals surface area (Å²) in [5, 5.41) is 3.17. The molecule has 2 aromatic carbocycles. The van der Waals surface area contributed by atoms with Gasteiger partial charge in [-0.2, -0.15) is 0 Å². The third-order valence-corrected chi connectivity index (χ3v) is 5.31. The van der Waals surface area contributed by atoms with E-state index in [0.29, 0.717) is 40.2 Å². The summed E-state index contributed by atoms with van der Waals surface area (Å²) in [6, 6.07) is 16.1. The molecule has 1 amide bonds. The summed E-state index contributed by atoms with van der Waals surface area (Å²) in [4.78, 5) is 21.2. The number of aromatic nitrogens is 2. The van der Waals surface area contributed by atoms with Crippen LogP contribution in [0.4, 0.5) is 19.0 Å². The number of pyridine rings is 2. The molecule has 5 nitrogen and oxygen atoms in total. The van der Waals surface area contributed by atoms with E-state index < -0.39 is 23.5 Å². The average Bonchev–Trinajstić information content (AvgIpc) is 2.80. The highest BCUT2D eigenvalue weighted by Crippen LogP contribution is 2.31. The van der Waals surface area contributed by atoms with Crippen molar-refractivity contribution in [3.05, 3.63) is 113 Å². The van der Waals surface area contributed by atoms with Gasteiger partial charge in [-0.3, -0.25) is 9.78 Å². The van der Waals surface area contributed by atoms with Crippen LogP contribution in [0.15, 0.2) is 79.1 Å². The van der Waals surface area contributed by atoms with Crippen molar-refractivity contribution in [2.24, 2.45) is 5.73 Å².